The number of aromatic nitrogens is 1. The molecule has 1 amide bonds. The van der Waals surface area contributed by atoms with Crippen LogP contribution in [0.4, 0.5) is 5.13 Å². The number of anilines is 1. The Morgan fingerprint density at radius 1 is 1.14 bits per heavy atom. The van der Waals surface area contributed by atoms with E-state index in [0.717, 1.165) is 35.4 Å². The van der Waals surface area contributed by atoms with E-state index in [1.54, 1.807) is 25.1 Å². The van der Waals surface area contributed by atoms with E-state index in [2.05, 4.69) is 50.8 Å². The summed E-state index contributed by atoms with van der Waals surface area (Å²) in [4.78, 5) is 32.5. The number of unbranched alkanes of at least 4 members (excludes halogenated alkanes) is 2. The number of carbonyl (C=O) groups excluding carboxylic acids is 1. The fourth-order valence-electron chi connectivity index (χ4n) is 2.95. The zero-order chi connectivity index (χ0) is 25.6. The van der Waals surface area contributed by atoms with Gasteiger partial charge in [-0.3, -0.25) is 10.1 Å². The molecule has 10 heteroatoms. The molecule has 1 aromatic heterocycles. The van der Waals surface area contributed by atoms with E-state index in [-0.39, 0.29) is 16.6 Å². The number of nitrogens with one attached hydrogen (secondary N) is 2. The molecular weight excluding hydrogens is 534 g/mol. The number of amides is 1. The highest BCUT2D eigenvalue weighted by Gasteiger charge is 2.17. The Balaban J connectivity index is 0.000000269. The molecule has 8 nitrogen and oxygen atoms in total. The number of halogens is 1. The van der Waals surface area contributed by atoms with Crippen LogP contribution in [-0.2, 0) is 18.0 Å². The molecule has 0 spiro atoms. The Kier molecular flexibility index (Phi) is 12.6. The Bertz CT molecular complexity index is 1090. The summed E-state index contributed by atoms with van der Waals surface area (Å²) in [6, 6.07) is 15.2. The average Bonchev–Trinajstić information content (AvgIpc) is 3.22. The second-order valence-corrected chi connectivity index (χ2v) is 9.43. The third-order valence-corrected chi connectivity index (χ3v) is 6.32. The number of hydrogen-bond acceptors (Lipinski definition) is 7. The van der Waals surface area contributed by atoms with Crippen LogP contribution >= 0.6 is 27.3 Å². The molecule has 0 aliphatic rings. The van der Waals surface area contributed by atoms with Gasteiger partial charge >= 0.3 is 5.97 Å². The van der Waals surface area contributed by atoms with Gasteiger partial charge in [0.2, 0.25) is 0 Å². The first-order valence-electron chi connectivity index (χ1n) is 11.2. The number of aryl methyl sites for hydroxylation is 1. The fraction of sp³-hybridized carbons (Fsp3) is 0.320. The van der Waals surface area contributed by atoms with Crippen LogP contribution in [-0.4, -0.2) is 33.7 Å². The first kappa shape index (κ1) is 28.6. The van der Waals surface area contributed by atoms with E-state index in [1.165, 1.54) is 18.4 Å². The lowest BCUT2D eigenvalue weighted by Gasteiger charge is -2.07. The summed E-state index contributed by atoms with van der Waals surface area (Å²) in [6.45, 7) is 5.07. The number of benzene rings is 2. The van der Waals surface area contributed by atoms with Crippen LogP contribution in [0.25, 0.3) is 0 Å². The third kappa shape index (κ3) is 9.87. The largest absolute Gasteiger partial charge is 0.477 e. The van der Waals surface area contributed by atoms with Crippen LogP contribution in [0.1, 0.15) is 63.0 Å². The molecule has 0 aliphatic carbocycles. The standard InChI is InChI=1S/C13H11BrN2O4S.C12H19NO/c1-6-10(12(19)20)21-13(15-6)16-11(18)9-3-2-8(14)4-7(9)5-17;1-2-3-7-10-14-13-11-12-8-5-4-6-9-12/h2-4,17H,5H2,1H3,(H,19,20)(H,15,16,18);4-6,8-9,13H,2-3,7,10-11H2,1H3. The average molecular weight is 565 g/mol. The Morgan fingerprint density at radius 3 is 2.51 bits per heavy atom. The highest BCUT2D eigenvalue weighted by atomic mass is 79.9. The number of rotatable bonds is 11. The van der Waals surface area contributed by atoms with Gasteiger partial charge in [-0.1, -0.05) is 77.4 Å². The molecule has 3 rings (SSSR count). The van der Waals surface area contributed by atoms with Gasteiger partial charge in [-0.05, 0) is 42.7 Å². The van der Waals surface area contributed by atoms with Crippen LogP contribution in [0.5, 0.6) is 0 Å². The van der Waals surface area contributed by atoms with Crippen molar-refractivity contribution < 1.29 is 24.6 Å². The van der Waals surface area contributed by atoms with Gasteiger partial charge in [0, 0.05) is 16.6 Å². The molecule has 0 saturated heterocycles. The molecule has 3 aromatic rings. The summed E-state index contributed by atoms with van der Waals surface area (Å²) in [5.41, 5.74) is 5.34. The summed E-state index contributed by atoms with van der Waals surface area (Å²) < 4.78 is 0.751. The van der Waals surface area contributed by atoms with Crippen molar-refractivity contribution >= 4 is 44.3 Å². The number of aromatic carboxylic acids is 1. The van der Waals surface area contributed by atoms with Crippen LogP contribution < -0.4 is 10.8 Å². The van der Waals surface area contributed by atoms with Gasteiger partial charge in [-0.25, -0.2) is 9.78 Å². The number of carboxylic acids is 1. The van der Waals surface area contributed by atoms with Gasteiger partial charge in [-0.15, -0.1) is 0 Å². The molecule has 0 atom stereocenters. The summed E-state index contributed by atoms with van der Waals surface area (Å²) in [5, 5.41) is 21.0. The van der Waals surface area contributed by atoms with E-state index in [4.69, 9.17) is 9.94 Å². The first-order chi connectivity index (χ1) is 16.8. The molecule has 0 saturated carbocycles. The molecule has 0 aliphatic heterocycles. The van der Waals surface area contributed by atoms with E-state index in [0.29, 0.717) is 16.8 Å². The summed E-state index contributed by atoms with van der Waals surface area (Å²) >= 11 is 4.16. The zero-order valence-corrected chi connectivity index (χ0v) is 22.1. The Hall–Kier alpha value is -2.63. The van der Waals surface area contributed by atoms with Crippen molar-refractivity contribution in [2.75, 3.05) is 11.9 Å². The number of aliphatic hydroxyl groups excluding tert-OH is 1. The minimum Gasteiger partial charge on any atom is -0.477 e. The number of thiazole rings is 1. The molecule has 188 valence electrons. The van der Waals surface area contributed by atoms with E-state index in [9.17, 15) is 14.7 Å². The predicted octanol–water partition coefficient (Wildman–Crippen LogP) is 5.55. The SMILES string of the molecule is CCCCCONCc1ccccc1.Cc1nc(NC(=O)c2ccc(Br)cc2CO)sc1C(=O)O. The van der Waals surface area contributed by atoms with Crippen LogP contribution in [0.3, 0.4) is 0 Å². The quantitative estimate of drug-likeness (QED) is 0.178. The number of hydrogen-bond donors (Lipinski definition) is 4. The molecule has 35 heavy (non-hydrogen) atoms. The van der Waals surface area contributed by atoms with Gasteiger partial charge in [0.05, 0.1) is 18.9 Å². The van der Waals surface area contributed by atoms with Crippen LogP contribution in [0.15, 0.2) is 53.0 Å². The van der Waals surface area contributed by atoms with Gasteiger partial charge in [0.1, 0.15) is 4.88 Å². The highest BCUT2D eigenvalue weighted by Crippen LogP contribution is 2.24. The first-order valence-corrected chi connectivity index (χ1v) is 12.8. The summed E-state index contributed by atoms with van der Waals surface area (Å²) in [7, 11) is 0. The Labute approximate surface area is 217 Å². The van der Waals surface area contributed by atoms with Crippen molar-refractivity contribution in [1.82, 2.24) is 10.5 Å². The smallest absolute Gasteiger partial charge is 0.347 e. The van der Waals surface area contributed by atoms with E-state index >= 15 is 0 Å². The van der Waals surface area contributed by atoms with Gasteiger partial charge in [-0.2, -0.15) is 5.48 Å². The maximum absolute atomic E-state index is 12.2. The minimum atomic E-state index is -1.08. The van der Waals surface area contributed by atoms with Crippen LogP contribution in [0.2, 0.25) is 0 Å². The lowest BCUT2D eigenvalue weighted by molar-refractivity contribution is 0.0342. The number of nitrogens with zero attached hydrogens (tertiary/aromatic N) is 1. The molecule has 0 unspecified atom stereocenters. The zero-order valence-electron chi connectivity index (χ0n) is 19.7. The lowest BCUT2D eigenvalue weighted by atomic mass is 10.1. The monoisotopic (exact) mass is 563 g/mol. The topological polar surface area (TPSA) is 121 Å². The highest BCUT2D eigenvalue weighted by molar-refractivity contribution is 9.10. The van der Waals surface area contributed by atoms with Crippen LogP contribution in [0, 0.1) is 6.92 Å². The molecule has 4 N–H and O–H groups in total. The second kappa shape index (κ2) is 15.4. The number of hydroxylamine groups is 1. The summed E-state index contributed by atoms with van der Waals surface area (Å²) in [6.07, 6.45) is 3.62. The van der Waals surface area contributed by atoms with E-state index in [1.807, 2.05) is 18.2 Å². The number of aliphatic hydroxyl groups is 1. The van der Waals surface area contributed by atoms with Crippen molar-refractivity contribution in [3.8, 4) is 0 Å². The molecule has 0 radical (unpaired) electrons. The van der Waals surface area contributed by atoms with Gasteiger partial charge in [0.15, 0.2) is 5.13 Å². The minimum absolute atomic E-state index is 0.0866. The molecule has 0 fully saturated rings. The molecule has 1 heterocycles. The lowest BCUT2D eigenvalue weighted by Crippen LogP contribution is -2.14. The van der Waals surface area contributed by atoms with Gasteiger partial charge in [0.25, 0.3) is 5.91 Å². The maximum atomic E-state index is 12.2. The second-order valence-electron chi connectivity index (χ2n) is 7.51. The third-order valence-electron chi connectivity index (χ3n) is 4.76. The number of carboxylic acid groups (broad SMARTS) is 1. The van der Waals surface area contributed by atoms with Crippen molar-refractivity contribution in [3.63, 3.8) is 0 Å². The molecule has 0 bridgehead atoms. The fourth-order valence-corrected chi connectivity index (χ4v) is 4.16. The maximum Gasteiger partial charge on any atom is 0.347 e. The Morgan fingerprint density at radius 2 is 1.89 bits per heavy atom. The van der Waals surface area contributed by atoms with Crippen molar-refractivity contribution in [1.29, 1.82) is 0 Å². The van der Waals surface area contributed by atoms with Crippen molar-refractivity contribution in [2.24, 2.45) is 0 Å². The predicted molar refractivity (Wildman–Crippen MR) is 141 cm³/mol. The van der Waals surface area contributed by atoms with E-state index < -0.39 is 11.9 Å². The van der Waals surface area contributed by atoms with Gasteiger partial charge < -0.3 is 15.1 Å². The number of carbonyl (C=O) groups is 2. The van der Waals surface area contributed by atoms with Crippen molar-refractivity contribution in [3.05, 3.63) is 80.3 Å². The van der Waals surface area contributed by atoms with Crippen molar-refractivity contribution in [2.45, 2.75) is 46.3 Å². The molecular formula is C25H30BrN3O5S. The summed E-state index contributed by atoms with van der Waals surface area (Å²) in [5.74, 6) is -1.53. The molecule has 2 aromatic carbocycles. The normalized spacial score (nSPS) is 10.4.